The van der Waals surface area contributed by atoms with Crippen LogP contribution in [0.4, 0.5) is 24.5 Å². The fourth-order valence-electron chi connectivity index (χ4n) is 2.59. The van der Waals surface area contributed by atoms with Gasteiger partial charge in [-0.3, -0.25) is 4.79 Å². The average Bonchev–Trinajstić information content (AvgIpc) is 2.73. The highest BCUT2D eigenvalue weighted by atomic mass is 19.4. The van der Waals surface area contributed by atoms with Gasteiger partial charge in [-0.1, -0.05) is 18.2 Å². The normalized spacial score (nSPS) is 11.4. The summed E-state index contributed by atoms with van der Waals surface area (Å²) in [6.07, 6.45) is 0.603. The summed E-state index contributed by atoms with van der Waals surface area (Å²) >= 11 is 0. The number of benzene rings is 2. The molecule has 1 amide bonds. The van der Waals surface area contributed by atoms with Crippen molar-refractivity contribution in [2.75, 3.05) is 24.3 Å². The van der Waals surface area contributed by atoms with E-state index in [-0.39, 0.29) is 17.1 Å². The Balaban J connectivity index is 1.73. The molecule has 2 aromatic carbocycles. The van der Waals surface area contributed by atoms with Crippen LogP contribution in [0.3, 0.4) is 0 Å². The highest BCUT2D eigenvalue weighted by molar-refractivity contribution is 6.02. The van der Waals surface area contributed by atoms with E-state index in [1.54, 1.807) is 12.1 Å². The van der Waals surface area contributed by atoms with Crippen LogP contribution in [0.2, 0.25) is 0 Å². The van der Waals surface area contributed by atoms with Crippen LogP contribution in [0, 0.1) is 0 Å². The van der Waals surface area contributed by atoms with Crippen molar-refractivity contribution in [3.63, 3.8) is 0 Å². The first kappa shape index (κ1) is 21.8. The number of alkyl halides is 3. The van der Waals surface area contributed by atoms with E-state index in [9.17, 15) is 18.0 Å². The molecule has 0 aliphatic heterocycles. The summed E-state index contributed by atoms with van der Waals surface area (Å²) in [5, 5.41) is 2.57. The van der Waals surface area contributed by atoms with Gasteiger partial charge in [0.05, 0.1) is 11.8 Å². The number of hydrogen-bond acceptors (Lipinski definition) is 5. The standard InChI is InChI=1S/C22H19F3N4O2/c1-29(2)17-7-4-8-18(12-17)31-21-19(13-26-14-27-21)28-20(30)10-9-15-5-3-6-16(11-15)22(23,24)25/h3-14H,1-2H3,(H,28,30)/b10-9+. The number of nitrogens with one attached hydrogen (secondary N) is 1. The van der Waals surface area contributed by atoms with Crippen molar-refractivity contribution in [3.05, 3.63) is 78.3 Å². The van der Waals surface area contributed by atoms with Crippen LogP contribution in [0.15, 0.2) is 67.1 Å². The number of hydrogen-bond donors (Lipinski definition) is 1. The number of aromatic nitrogens is 2. The Morgan fingerprint density at radius 3 is 2.65 bits per heavy atom. The zero-order valence-electron chi connectivity index (χ0n) is 16.7. The summed E-state index contributed by atoms with van der Waals surface area (Å²) in [6, 6.07) is 12.0. The van der Waals surface area contributed by atoms with Gasteiger partial charge >= 0.3 is 6.18 Å². The van der Waals surface area contributed by atoms with E-state index in [0.29, 0.717) is 5.75 Å². The minimum absolute atomic E-state index is 0.131. The number of ether oxygens (including phenoxy) is 1. The molecule has 9 heteroatoms. The Hall–Kier alpha value is -3.88. The highest BCUT2D eigenvalue weighted by Gasteiger charge is 2.30. The molecule has 3 aromatic rings. The second-order valence-corrected chi connectivity index (χ2v) is 6.68. The molecular weight excluding hydrogens is 409 g/mol. The molecule has 160 valence electrons. The summed E-state index contributed by atoms with van der Waals surface area (Å²) in [4.78, 5) is 22.1. The molecule has 1 aromatic heterocycles. The molecule has 0 fully saturated rings. The van der Waals surface area contributed by atoms with Gasteiger partial charge in [0, 0.05) is 31.9 Å². The van der Waals surface area contributed by atoms with Gasteiger partial charge in [0.2, 0.25) is 11.8 Å². The third kappa shape index (κ3) is 6.05. The van der Waals surface area contributed by atoms with E-state index in [2.05, 4.69) is 15.3 Å². The summed E-state index contributed by atoms with van der Waals surface area (Å²) in [6.45, 7) is 0. The second-order valence-electron chi connectivity index (χ2n) is 6.68. The SMILES string of the molecule is CN(C)c1cccc(Oc2ncncc2NC(=O)/C=C/c2cccc(C(F)(F)F)c2)c1. The largest absolute Gasteiger partial charge is 0.437 e. The van der Waals surface area contributed by atoms with Crippen LogP contribution < -0.4 is 15.0 Å². The lowest BCUT2D eigenvalue weighted by atomic mass is 10.1. The number of amides is 1. The molecule has 0 saturated heterocycles. The number of carbonyl (C=O) groups excluding carboxylic acids is 1. The quantitative estimate of drug-likeness (QED) is 0.560. The zero-order valence-corrected chi connectivity index (χ0v) is 16.7. The molecule has 3 rings (SSSR count). The topological polar surface area (TPSA) is 67.3 Å². The third-order valence-corrected chi connectivity index (χ3v) is 4.12. The predicted octanol–water partition coefficient (Wildman–Crippen LogP) is 5.01. The molecule has 6 nitrogen and oxygen atoms in total. The highest BCUT2D eigenvalue weighted by Crippen LogP contribution is 2.30. The monoisotopic (exact) mass is 428 g/mol. The molecule has 0 aliphatic carbocycles. The molecule has 0 aliphatic rings. The van der Waals surface area contributed by atoms with E-state index in [0.717, 1.165) is 23.9 Å². The summed E-state index contributed by atoms with van der Waals surface area (Å²) < 4.78 is 44.2. The molecular formula is C22H19F3N4O2. The van der Waals surface area contributed by atoms with Crippen molar-refractivity contribution in [1.82, 2.24) is 9.97 Å². The van der Waals surface area contributed by atoms with Crippen LogP contribution >= 0.6 is 0 Å². The van der Waals surface area contributed by atoms with E-state index in [1.807, 2.05) is 31.1 Å². The van der Waals surface area contributed by atoms with E-state index >= 15 is 0 Å². The van der Waals surface area contributed by atoms with Crippen molar-refractivity contribution in [2.45, 2.75) is 6.18 Å². The van der Waals surface area contributed by atoms with Gasteiger partial charge < -0.3 is 15.0 Å². The Labute approximate surface area is 177 Å². The number of anilines is 2. The molecule has 0 spiro atoms. The average molecular weight is 428 g/mol. The van der Waals surface area contributed by atoms with Gasteiger partial charge in [-0.2, -0.15) is 18.2 Å². The molecule has 0 radical (unpaired) electrons. The summed E-state index contributed by atoms with van der Waals surface area (Å²) in [5.41, 5.74) is 0.589. The minimum Gasteiger partial charge on any atom is -0.437 e. The Morgan fingerprint density at radius 1 is 1.13 bits per heavy atom. The predicted molar refractivity (Wildman–Crippen MR) is 112 cm³/mol. The first-order valence-corrected chi connectivity index (χ1v) is 9.14. The molecule has 1 N–H and O–H groups in total. The van der Waals surface area contributed by atoms with Crippen LogP contribution in [0.1, 0.15) is 11.1 Å². The zero-order chi connectivity index (χ0) is 22.4. The summed E-state index contributed by atoms with van der Waals surface area (Å²) in [5.74, 6) is 0.0748. The minimum atomic E-state index is -4.45. The fourth-order valence-corrected chi connectivity index (χ4v) is 2.59. The molecule has 1 heterocycles. The van der Waals surface area contributed by atoms with Gasteiger partial charge in [-0.05, 0) is 35.9 Å². The maximum absolute atomic E-state index is 12.8. The smallest absolute Gasteiger partial charge is 0.416 e. The molecule has 31 heavy (non-hydrogen) atoms. The fraction of sp³-hybridized carbons (Fsp3) is 0.136. The van der Waals surface area contributed by atoms with E-state index in [4.69, 9.17) is 4.74 Å². The van der Waals surface area contributed by atoms with Gasteiger partial charge in [-0.15, -0.1) is 0 Å². The molecule has 0 atom stereocenters. The maximum Gasteiger partial charge on any atom is 0.416 e. The Bertz CT molecular complexity index is 1100. The van der Waals surface area contributed by atoms with Crippen LogP contribution in [-0.4, -0.2) is 30.0 Å². The van der Waals surface area contributed by atoms with E-state index < -0.39 is 17.6 Å². The lowest BCUT2D eigenvalue weighted by Gasteiger charge is -2.14. The molecule has 0 unspecified atom stereocenters. The van der Waals surface area contributed by atoms with Crippen molar-refractivity contribution in [3.8, 4) is 11.6 Å². The van der Waals surface area contributed by atoms with Gasteiger partial charge in [0.25, 0.3) is 0 Å². The van der Waals surface area contributed by atoms with Crippen molar-refractivity contribution in [2.24, 2.45) is 0 Å². The van der Waals surface area contributed by atoms with Gasteiger partial charge in [-0.25, -0.2) is 4.98 Å². The van der Waals surface area contributed by atoms with Crippen LogP contribution in [0.25, 0.3) is 6.08 Å². The van der Waals surface area contributed by atoms with Crippen molar-refractivity contribution >= 4 is 23.4 Å². The summed E-state index contributed by atoms with van der Waals surface area (Å²) in [7, 11) is 3.79. The Kier molecular flexibility index (Phi) is 6.54. The van der Waals surface area contributed by atoms with E-state index in [1.165, 1.54) is 30.7 Å². The van der Waals surface area contributed by atoms with Crippen molar-refractivity contribution in [1.29, 1.82) is 0 Å². The first-order chi connectivity index (χ1) is 14.7. The van der Waals surface area contributed by atoms with Crippen molar-refractivity contribution < 1.29 is 22.7 Å². The lowest BCUT2D eigenvalue weighted by Crippen LogP contribution is -2.10. The second kappa shape index (κ2) is 9.29. The van der Waals surface area contributed by atoms with Crippen LogP contribution in [-0.2, 0) is 11.0 Å². The number of nitrogens with zero attached hydrogens (tertiary/aromatic N) is 3. The third-order valence-electron chi connectivity index (χ3n) is 4.12. The van der Waals surface area contributed by atoms with Gasteiger partial charge in [0.1, 0.15) is 17.8 Å². The maximum atomic E-state index is 12.8. The first-order valence-electron chi connectivity index (χ1n) is 9.14. The van der Waals surface area contributed by atoms with Crippen LogP contribution in [0.5, 0.6) is 11.6 Å². The Morgan fingerprint density at radius 2 is 1.90 bits per heavy atom. The number of carbonyl (C=O) groups is 1. The van der Waals surface area contributed by atoms with Gasteiger partial charge in [0.15, 0.2) is 0 Å². The molecule has 0 bridgehead atoms. The molecule has 0 saturated carbocycles. The number of rotatable bonds is 6. The number of halogens is 3. The lowest BCUT2D eigenvalue weighted by molar-refractivity contribution is -0.137.